The van der Waals surface area contributed by atoms with Gasteiger partial charge in [0.05, 0.1) is 0 Å². The Kier molecular flexibility index (Phi) is 59.3. The number of esters is 3. The molecule has 0 saturated carbocycles. The van der Waals surface area contributed by atoms with E-state index in [0.29, 0.717) is 19.3 Å². The number of ether oxygens (including phenoxy) is 3. The van der Waals surface area contributed by atoms with E-state index in [0.717, 1.165) is 109 Å². The molecule has 0 heterocycles. The molecule has 1 unspecified atom stereocenters. The third kappa shape index (κ3) is 59.5. The molecule has 6 heteroatoms. The van der Waals surface area contributed by atoms with Crippen LogP contribution in [-0.4, -0.2) is 37.2 Å². The fraction of sp³-hybridized carbons (Fsp3) is 0.750. The van der Waals surface area contributed by atoms with Crippen LogP contribution in [0.15, 0.2) is 85.1 Å². The van der Waals surface area contributed by atoms with Gasteiger partial charge in [0.1, 0.15) is 13.2 Å². The summed E-state index contributed by atoms with van der Waals surface area (Å²) in [6.45, 7) is 6.54. The van der Waals surface area contributed by atoms with Gasteiger partial charge in [-0.25, -0.2) is 0 Å². The molecule has 0 aliphatic carbocycles. The lowest BCUT2D eigenvalue weighted by Gasteiger charge is -2.18. The van der Waals surface area contributed by atoms with Gasteiger partial charge in [-0.3, -0.25) is 14.4 Å². The average Bonchev–Trinajstić information content (AvgIpc) is 3.40. The normalized spacial score (nSPS) is 12.6. The van der Waals surface area contributed by atoms with Gasteiger partial charge in [-0.2, -0.15) is 0 Å². The number of unbranched alkanes of at least 4 members (excludes halogenated alkanes) is 32. The van der Waals surface area contributed by atoms with Gasteiger partial charge in [0.15, 0.2) is 6.10 Å². The van der Waals surface area contributed by atoms with Crippen LogP contribution < -0.4 is 0 Å². The van der Waals surface area contributed by atoms with E-state index in [4.69, 9.17) is 14.2 Å². The van der Waals surface area contributed by atoms with Gasteiger partial charge in [-0.05, 0) is 77.0 Å². The van der Waals surface area contributed by atoms with Gasteiger partial charge in [0, 0.05) is 19.3 Å². The summed E-state index contributed by atoms with van der Waals surface area (Å²) in [6, 6.07) is 0. The van der Waals surface area contributed by atoms with Crippen molar-refractivity contribution in [2.45, 2.75) is 316 Å². The van der Waals surface area contributed by atoms with E-state index in [2.05, 4.69) is 106 Å². The highest BCUT2D eigenvalue weighted by atomic mass is 16.6. The summed E-state index contributed by atoms with van der Waals surface area (Å²) in [4.78, 5) is 38.2. The summed E-state index contributed by atoms with van der Waals surface area (Å²) in [5, 5.41) is 0. The number of hydrogen-bond donors (Lipinski definition) is 0. The second-order valence-corrected chi connectivity index (χ2v) is 21.0. The molecule has 0 aliphatic rings. The van der Waals surface area contributed by atoms with Crippen molar-refractivity contribution in [2.75, 3.05) is 13.2 Å². The molecule has 1 atom stereocenters. The summed E-state index contributed by atoms with van der Waals surface area (Å²) in [6.07, 6.45) is 81.6. The van der Waals surface area contributed by atoms with Crippen molar-refractivity contribution in [3.63, 3.8) is 0 Å². The Bertz CT molecular complexity index is 1420. The first kappa shape index (κ1) is 70.6. The van der Waals surface area contributed by atoms with Crippen molar-refractivity contribution < 1.29 is 28.6 Å². The summed E-state index contributed by atoms with van der Waals surface area (Å²) in [5.41, 5.74) is 0. The van der Waals surface area contributed by atoms with Crippen molar-refractivity contribution in [3.05, 3.63) is 85.1 Å². The number of rotatable bonds is 57. The third-order valence-corrected chi connectivity index (χ3v) is 13.7. The van der Waals surface area contributed by atoms with Crippen LogP contribution in [0, 0.1) is 0 Å². The quantitative estimate of drug-likeness (QED) is 0.0261. The zero-order chi connectivity index (χ0) is 53.6. The number of hydrogen-bond acceptors (Lipinski definition) is 6. The summed E-state index contributed by atoms with van der Waals surface area (Å²) in [7, 11) is 0. The molecule has 426 valence electrons. The molecule has 74 heavy (non-hydrogen) atoms. The zero-order valence-electron chi connectivity index (χ0n) is 48.8. The van der Waals surface area contributed by atoms with Crippen LogP contribution in [0.3, 0.4) is 0 Å². The second kappa shape index (κ2) is 62.1. The Morgan fingerprint density at radius 3 is 0.824 bits per heavy atom. The Balaban J connectivity index is 4.25. The van der Waals surface area contributed by atoms with Crippen LogP contribution in [0.4, 0.5) is 0 Å². The maximum atomic E-state index is 12.9. The molecular formula is C68H118O6. The van der Waals surface area contributed by atoms with Crippen molar-refractivity contribution in [3.8, 4) is 0 Å². The second-order valence-electron chi connectivity index (χ2n) is 21.0. The molecule has 0 aliphatic heterocycles. The standard InChI is InChI=1S/C68H118O6/c1-4-7-10-13-16-19-22-24-26-28-29-30-31-32-33-34-35-36-37-38-39-41-42-44-46-49-52-55-58-61-67(70)73-64-65(63-72-66(69)60-57-54-51-48-21-18-15-12-9-6-3)74-68(71)62-59-56-53-50-47-45-43-40-27-25-23-20-17-14-11-8-5-2/h7,10,16,19,24,26,29-30,32-33,35-36,38-39,65H,4-6,8-9,11-15,17-18,20-23,25,27-28,31,34,37,40-64H2,1-3H3/b10-7-,19-16-,26-24-,30-29-,33-32-,36-35-,39-38-. The van der Waals surface area contributed by atoms with E-state index in [9.17, 15) is 14.4 Å². The molecule has 0 bridgehead atoms. The maximum absolute atomic E-state index is 12.9. The minimum atomic E-state index is -0.777. The van der Waals surface area contributed by atoms with Gasteiger partial charge in [-0.15, -0.1) is 0 Å². The first-order chi connectivity index (χ1) is 36.5. The van der Waals surface area contributed by atoms with Crippen molar-refractivity contribution in [1.29, 1.82) is 0 Å². The summed E-state index contributed by atoms with van der Waals surface area (Å²) >= 11 is 0. The lowest BCUT2D eigenvalue weighted by atomic mass is 10.0. The van der Waals surface area contributed by atoms with E-state index in [-0.39, 0.29) is 31.1 Å². The van der Waals surface area contributed by atoms with Crippen LogP contribution in [-0.2, 0) is 28.6 Å². The number of carbonyl (C=O) groups excluding carboxylic acids is 3. The van der Waals surface area contributed by atoms with Crippen LogP contribution in [0.1, 0.15) is 310 Å². The van der Waals surface area contributed by atoms with Crippen molar-refractivity contribution >= 4 is 17.9 Å². The maximum Gasteiger partial charge on any atom is 0.306 e. The third-order valence-electron chi connectivity index (χ3n) is 13.7. The highest BCUT2D eigenvalue weighted by molar-refractivity contribution is 5.71. The SMILES string of the molecule is CC/C=C\C/C=C\C/C=C\C/C=C\C/C=C\C/C=C\C/C=C\CCCCCCCCCC(=O)OCC(COC(=O)CCCCCCCCCCCC)OC(=O)CCCCCCCCCCCCCCCCCCC. The van der Waals surface area contributed by atoms with Gasteiger partial charge >= 0.3 is 17.9 Å². The predicted molar refractivity (Wildman–Crippen MR) is 321 cm³/mol. The average molecular weight is 1030 g/mol. The van der Waals surface area contributed by atoms with E-state index in [1.165, 1.54) is 161 Å². The highest BCUT2D eigenvalue weighted by Gasteiger charge is 2.19. The largest absolute Gasteiger partial charge is 0.462 e. The topological polar surface area (TPSA) is 78.9 Å². The molecule has 0 radical (unpaired) electrons. The fourth-order valence-electron chi connectivity index (χ4n) is 8.95. The first-order valence-corrected chi connectivity index (χ1v) is 31.6. The minimum absolute atomic E-state index is 0.0755. The Labute approximate surface area is 458 Å². The molecule has 0 rings (SSSR count). The monoisotopic (exact) mass is 1030 g/mol. The van der Waals surface area contributed by atoms with Gasteiger partial charge in [0.2, 0.25) is 0 Å². The van der Waals surface area contributed by atoms with Crippen LogP contribution >= 0.6 is 0 Å². The number of allylic oxidation sites excluding steroid dienone is 14. The van der Waals surface area contributed by atoms with E-state index in [1.807, 2.05) is 0 Å². The number of carbonyl (C=O) groups is 3. The summed E-state index contributed by atoms with van der Waals surface area (Å²) < 4.78 is 16.9. The Hall–Kier alpha value is -3.41. The van der Waals surface area contributed by atoms with Crippen molar-refractivity contribution in [2.24, 2.45) is 0 Å². The molecule has 0 aromatic carbocycles. The molecule has 6 nitrogen and oxygen atoms in total. The van der Waals surface area contributed by atoms with Crippen LogP contribution in [0.25, 0.3) is 0 Å². The summed E-state index contributed by atoms with van der Waals surface area (Å²) in [5.74, 6) is -0.875. The smallest absolute Gasteiger partial charge is 0.306 e. The fourth-order valence-corrected chi connectivity index (χ4v) is 8.95. The zero-order valence-corrected chi connectivity index (χ0v) is 48.8. The van der Waals surface area contributed by atoms with Crippen molar-refractivity contribution in [1.82, 2.24) is 0 Å². The lowest BCUT2D eigenvalue weighted by Crippen LogP contribution is -2.30. The Morgan fingerprint density at radius 2 is 0.527 bits per heavy atom. The van der Waals surface area contributed by atoms with Gasteiger partial charge in [-0.1, -0.05) is 298 Å². The molecule has 0 saturated heterocycles. The molecular weight excluding hydrogens is 913 g/mol. The minimum Gasteiger partial charge on any atom is -0.462 e. The molecule has 0 aromatic heterocycles. The van der Waals surface area contributed by atoms with Crippen LogP contribution in [0.5, 0.6) is 0 Å². The lowest BCUT2D eigenvalue weighted by molar-refractivity contribution is -0.167. The van der Waals surface area contributed by atoms with Gasteiger partial charge < -0.3 is 14.2 Å². The van der Waals surface area contributed by atoms with E-state index < -0.39 is 6.10 Å². The van der Waals surface area contributed by atoms with Gasteiger partial charge in [0.25, 0.3) is 0 Å². The molecule has 0 aromatic rings. The van der Waals surface area contributed by atoms with Crippen LogP contribution in [0.2, 0.25) is 0 Å². The van der Waals surface area contributed by atoms with E-state index in [1.54, 1.807) is 0 Å². The highest BCUT2D eigenvalue weighted by Crippen LogP contribution is 2.17. The molecule has 0 amide bonds. The van der Waals surface area contributed by atoms with E-state index >= 15 is 0 Å². The molecule has 0 spiro atoms. The molecule has 0 fully saturated rings. The molecule has 0 N–H and O–H groups in total. The predicted octanol–water partition coefficient (Wildman–Crippen LogP) is 21.5. The first-order valence-electron chi connectivity index (χ1n) is 31.6. The Morgan fingerprint density at radius 1 is 0.284 bits per heavy atom.